The molecule has 0 unspecified atom stereocenters. The van der Waals surface area contributed by atoms with E-state index in [9.17, 15) is 9.59 Å². The number of pyridine rings is 1. The lowest BCUT2D eigenvalue weighted by atomic mass is 10.1. The molecular weight excluding hydrogens is 419 g/mol. The summed E-state index contributed by atoms with van der Waals surface area (Å²) in [6.07, 6.45) is 2.65. The Morgan fingerprint density at radius 1 is 1.21 bits per heavy atom. The number of fused-ring (bicyclic) bond motifs is 1. The second-order valence-corrected chi connectivity index (χ2v) is 6.62. The topological polar surface area (TPSA) is 90.7 Å². The Balaban J connectivity index is 2.12. The zero-order chi connectivity index (χ0) is 21.1. The van der Waals surface area contributed by atoms with E-state index in [0.717, 1.165) is 6.08 Å². The molecule has 0 saturated carbocycles. The fourth-order valence-electron chi connectivity index (χ4n) is 2.70. The van der Waals surface area contributed by atoms with Crippen molar-refractivity contribution in [1.29, 1.82) is 0 Å². The third-order valence-corrected chi connectivity index (χ3v) is 4.90. The van der Waals surface area contributed by atoms with Crippen molar-refractivity contribution in [2.45, 2.75) is 6.54 Å². The monoisotopic (exact) mass is 434 g/mol. The molecule has 150 valence electrons. The van der Waals surface area contributed by atoms with Gasteiger partial charge in [-0.05, 0) is 18.2 Å². The highest BCUT2D eigenvalue weighted by Crippen LogP contribution is 2.45. The summed E-state index contributed by atoms with van der Waals surface area (Å²) in [5.41, 5.74) is 0.155. The second-order valence-electron chi connectivity index (χ2n) is 5.87. The molecule has 3 aromatic rings. The summed E-state index contributed by atoms with van der Waals surface area (Å²) in [5.74, 6) is 0.434. The van der Waals surface area contributed by atoms with Gasteiger partial charge in [0.05, 0.1) is 47.5 Å². The molecule has 29 heavy (non-hydrogen) atoms. The van der Waals surface area contributed by atoms with Crippen LogP contribution in [-0.4, -0.2) is 25.1 Å². The first-order valence-electron chi connectivity index (χ1n) is 8.33. The fraction of sp³-hybridized carbons (Fsp3) is 0.150. The van der Waals surface area contributed by atoms with E-state index in [1.54, 1.807) is 18.2 Å². The maximum absolute atomic E-state index is 12.6. The van der Waals surface area contributed by atoms with Gasteiger partial charge in [0.1, 0.15) is 17.3 Å². The zero-order valence-corrected chi connectivity index (χ0v) is 17.1. The Labute approximate surface area is 175 Å². The molecule has 7 nitrogen and oxygen atoms in total. The van der Waals surface area contributed by atoms with Crippen LogP contribution in [0.1, 0.15) is 5.69 Å². The lowest BCUT2D eigenvalue weighted by Gasteiger charge is -2.14. The maximum atomic E-state index is 12.6. The van der Waals surface area contributed by atoms with Crippen molar-refractivity contribution in [3.05, 3.63) is 63.2 Å². The van der Waals surface area contributed by atoms with E-state index in [0.29, 0.717) is 28.0 Å². The molecule has 1 aromatic carbocycles. The average molecular weight is 435 g/mol. The molecule has 1 N–H and O–H groups in total. The minimum absolute atomic E-state index is 0.143. The number of carbonyl (C=O) groups excluding carboxylic acids is 1. The van der Waals surface area contributed by atoms with Gasteiger partial charge in [-0.3, -0.25) is 9.78 Å². The Bertz CT molecular complexity index is 1150. The number of halogens is 2. The lowest BCUT2D eigenvalue weighted by molar-refractivity contribution is -0.116. The molecule has 9 heteroatoms. The molecule has 3 rings (SSSR count). The summed E-state index contributed by atoms with van der Waals surface area (Å²) in [6, 6.07) is 4.68. The molecular formula is C20H16Cl2N2O5. The average Bonchev–Trinajstić information content (AvgIpc) is 2.72. The number of benzene rings is 1. The second kappa shape index (κ2) is 8.55. The van der Waals surface area contributed by atoms with Gasteiger partial charge in [0.2, 0.25) is 5.91 Å². The van der Waals surface area contributed by atoms with Crippen LogP contribution in [0, 0.1) is 0 Å². The smallest absolute Gasteiger partial charge is 0.344 e. The van der Waals surface area contributed by atoms with Crippen LogP contribution in [0.2, 0.25) is 10.0 Å². The largest absolute Gasteiger partial charge is 0.495 e. The van der Waals surface area contributed by atoms with Crippen molar-refractivity contribution >= 4 is 39.9 Å². The van der Waals surface area contributed by atoms with Crippen LogP contribution < -0.4 is 20.4 Å². The zero-order valence-electron chi connectivity index (χ0n) is 15.5. The molecule has 2 heterocycles. The van der Waals surface area contributed by atoms with Crippen LogP contribution >= 0.6 is 23.2 Å². The van der Waals surface area contributed by atoms with Crippen LogP contribution in [0.5, 0.6) is 11.5 Å². The van der Waals surface area contributed by atoms with E-state index < -0.39 is 5.63 Å². The lowest BCUT2D eigenvalue weighted by Crippen LogP contribution is -2.20. The third-order valence-electron chi connectivity index (χ3n) is 4.15. The normalized spacial score (nSPS) is 10.6. The highest BCUT2D eigenvalue weighted by atomic mass is 35.5. The summed E-state index contributed by atoms with van der Waals surface area (Å²) >= 11 is 12.8. The van der Waals surface area contributed by atoms with Crippen LogP contribution in [0.15, 0.2) is 46.3 Å². The number of carbonyl (C=O) groups is 1. The molecule has 0 aliphatic carbocycles. The van der Waals surface area contributed by atoms with Gasteiger partial charge in [0, 0.05) is 17.6 Å². The summed E-state index contributed by atoms with van der Waals surface area (Å²) in [7, 11) is 2.90. The Kier molecular flexibility index (Phi) is 6.10. The van der Waals surface area contributed by atoms with Crippen LogP contribution in [0.4, 0.5) is 0 Å². The van der Waals surface area contributed by atoms with Gasteiger partial charge in [-0.1, -0.05) is 29.8 Å². The first-order valence-corrected chi connectivity index (χ1v) is 9.08. The number of rotatable bonds is 6. The van der Waals surface area contributed by atoms with E-state index in [2.05, 4.69) is 16.9 Å². The van der Waals surface area contributed by atoms with E-state index in [1.165, 1.54) is 20.4 Å². The molecule has 0 radical (unpaired) electrons. The van der Waals surface area contributed by atoms with Gasteiger partial charge < -0.3 is 19.2 Å². The van der Waals surface area contributed by atoms with Crippen LogP contribution in [0.3, 0.4) is 0 Å². The number of aromatic nitrogens is 1. The van der Waals surface area contributed by atoms with E-state index in [-0.39, 0.29) is 33.8 Å². The Morgan fingerprint density at radius 2 is 1.86 bits per heavy atom. The molecule has 1 amide bonds. The Hall–Kier alpha value is -3.03. The molecule has 0 fully saturated rings. The predicted octanol–water partition coefficient (Wildman–Crippen LogP) is 3.98. The standard InChI is InChI=1S/C20H16Cl2N2O5/c1-4-16(25)24-9-11-6-12-10(8-23-11)5-13(29-20(12)26)17-18(21)14(27-2)7-15(28-3)19(17)22/h4-8H,1,9H2,2-3H3,(H,24,25). The van der Waals surface area contributed by atoms with Crippen molar-refractivity contribution in [3.8, 4) is 22.8 Å². The molecule has 0 atom stereocenters. The van der Waals surface area contributed by atoms with Gasteiger partial charge in [0.15, 0.2) is 0 Å². The minimum Gasteiger partial charge on any atom is -0.495 e. The van der Waals surface area contributed by atoms with Crippen LogP contribution in [-0.2, 0) is 11.3 Å². The van der Waals surface area contributed by atoms with Crippen molar-refractivity contribution < 1.29 is 18.7 Å². The van der Waals surface area contributed by atoms with E-state index in [4.69, 9.17) is 37.1 Å². The molecule has 0 bridgehead atoms. The van der Waals surface area contributed by atoms with Gasteiger partial charge in [0.25, 0.3) is 0 Å². The number of ether oxygens (including phenoxy) is 2. The molecule has 0 aliphatic rings. The number of hydrogen-bond acceptors (Lipinski definition) is 6. The minimum atomic E-state index is -0.606. The molecule has 0 aliphatic heterocycles. The SMILES string of the molecule is C=CC(=O)NCc1cc2c(=O)oc(-c3c(Cl)c(OC)cc(OC)c3Cl)cc2cn1. The number of nitrogens with one attached hydrogen (secondary N) is 1. The third kappa shape index (κ3) is 4.06. The number of methoxy groups -OCH3 is 2. The van der Waals surface area contributed by atoms with Crippen molar-refractivity contribution in [2.75, 3.05) is 14.2 Å². The first kappa shape index (κ1) is 20.7. The summed E-state index contributed by atoms with van der Waals surface area (Å²) in [6.45, 7) is 3.52. The molecule has 2 aromatic heterocycles. The van der Waals surface area contributed by atoms with Gasteiger partial charge in [-0.2, -0.15) is 0 Å². The summed E-state index contributed by atoms with van der Waals surface area (Å²) in [4.78, 5) is 28.2. The highest BCUT2D eigenvalue weighted by molar-refractivity contribution is 6.41. The van der Waals surface area contributed by atoms with E-state index >= 15 is 0 Å². The van der Waals surface area contributed by atoms with Gasteiger partial charge >= 0.3 is 5.63 Å². The van der Waals surface area contributed by atoms with Gasteiger partial charge in [-0.25, -0.2) is 4.79 Å². The fourth-order valence-corrected chi connectivity index (χ4v) is 3.39. The molecule has 0 spiro atoms. The number of nitrogens with zero attached hydrogens (tertiary/aromatic N) is 1. The number of hydrogen-bond donors (Lipinski definition) is 1. The first-order chi connectivity index (χ1) is 13.9. The van der Waals surface area contributed by atoms with E-state index in [1.807, 2.05) is 0 Å². The highest BCUT2D eigenvalue weighted by Gasteiger charge is 2.21. The van der Waals surface area contributed by atoms with Crippen molar-refractivity contribution in [1.82, 2.24) is 10.3 Å². The summed E-state index contributed by atoms with van der Waals surface area (Å²) < 4.78 is 16.0. The predicted molar refractivity (Wildman–Crippen MR) is 111 cm³/mol. The maximum Gasteiger partial charge on any atom is 0.344 e. The van der Waals surface area contributed by atoms with Crippen LogP contribution in [0.25, 0.3) is 22.1 Å². The summed E-state index contributed by atoms with van der Waals surface area (Å²) in [5, 5.41) is 3.77. The van der Waals surface area contributed by atoms with Crippen molar-refractivity contribution in [2.24, 2.45) is 0 Å². The number of amides is 1. The molecule has 0 saturated heterocycles. The van der Waals surface area contributed by atoms with Gasteiger partial charge in [-0.15, -0.1) is 0 Å². The Morgan fingerprint density at radius 3 is 2.45 bits per heavy atom. The van der Waals surface area contributed by atoms with Crippen molar-refractivity contribution in [3.63, 3.8) is 0 Å². The quantitative estimate of drug-likeness (QED) is 0.589.